The molecule has 0 aromatic carbocycles. The SMILES string of the molecule is CCOC(=O)N1CCN(C(=O)c2cc(NC3CC3)ccn2)CC1. The minimum Gasteiger partial charge on any atom is -0.450 e. The van der Waals surface area contributed by atoms with E-state index >= 15 is 0 Å². The van der Waals surface area contributed by atoms with Crippen LogP contribution in [0.15, 0.2) is 18.3 Å². The lowest BCUT2D eigenvalue weighted by Gasteiger charge is -2.33. The fourth-order valence-electron chi connectivity index (χ4n) is 2.57. The first-order chi connectivity index (χ1) is 11.2. The van der Waals surface area contributed by atoms with Gasteiger partial charge in [0.1, 0.15) is 5.69 Å². The molecule has 0 unspecified atom stereocenters. The van der Waals surface area contributed by atoms with Crippen molar-refractivity contribution < 1.29 is 14.3 Å². The van der Waals surface area contributed by atoms with E-state index in [4.69, 9.17) is 4.74 Å². The number of nitrogens with one attached hydrogen (secondary N) is 1. The molecule has 1 N–H and O–H groups in total. The first-order valence-corrected chi connectivity index (χ1v) is 8.11. The molecule has 0 spiro atoms. The van der Waals surface area contributed by atoms with E-state index in [0.29, 0.717) is 44.5 Å². The third-order valence-electron chi connectivity index (χ3n) is 4.02. The van der Waals surface area contributed by atoms with Crippen LogP contribution in [0.3, 0.4) is 0 Å². The lowest BCUT2D eigenvalue weighted by atomic mass is 10.2. The first kappa shape index (κ1) is 15.6. The summed E-state index contributed by atoms with van der Waals surface area (Å²) in [4.78, 5) is 31.8. The van der Waals surface area contributed by atoms with Crippen LogP contribution in [0.5, 0.6) is 0 Å². The van der Waals surface area contributed by atoms with Gasteiger partial charge in [0.05, 0.1) is 6.61 Å². The summed E-state index contributed by atoms with van der Waals surface area (Å²) in [7, 11) is 0. The van der Waals surface area contributed by atoms with Crippen molar-refractivity contribution >= 4 is 17.7 Å². The number of amides is 2. The Labute approximate surface area is 135 Å². The second-order valence-corrected chi connectivity index (χ2v) is 5.83. The molecule has 2 heterocycles. The zero-order valence-electron chi connectivity index (χ0n) is 13.3. The number of rotatable bonds is 4. The van der Waals surface area contributed by atoms with Crippen molar-refractivity contribution in [2.75, 3.05) is 38.1 Å². The molecule has 1 aromatic rings. The molecule has 3 rings (SSSR count). The molecule has 0 bridgehead atoms. The maximum atomic E-state index is 12.6. The average molecular weight is 318 g/mol. The molecule has 0 radical (unpaired) electrons. The number of nitrogens with zero attached hydrogens (tertiary/aromatic N) is 3. The number of ether oxygens (including phenoxy) is 1. The number of hydrogen-bond donors (Lipinski definition) is 1. The quantitative estimate of drug-likeness (QED) is 0.912. The second-order valence-electron chi connectivity index (χ2n) is 5.83. The highest BCUT2D eigenvalue weighted by Gasteiger charge is 2.26. The van der Waals surface area contributed by atoms with Crippen LogP contribution in [-0.4, -0.2) is 65.6 Å². The van der Waals surface area contributed by atoms with Crippen LogP contribution in [0.25, 0.3) is 0 Å². The van der Waals surface area contributed by atoms with Crippen LogP contribution in [0.2, 0.25) is 0 Å². The lowest BCUT2D eigenvalue weighted by molar-refractivity contribution is 0.0566. The minimum atomic E-state index is -0.312. The van der Waals surface area contributed by atoms with Crippen LogP contribution in [0.4, 0.5) is 10.5 Å². The fraction of sp³-hybridized carbons (Fsp3) is 0.562. The summed E-state index contributed by atoms with van der Waals surface area (Å²) >= 11 is 0. The molecular weight excluding hydrogens is 296 g/mol. The molecule has 1 saturated carbocycles. The minimum absolute atomic E-state index is 0.0899. The molecule has 7 heteroatoms. The van der Waals surface area contributed by atoms with E-state index in [-0.39, 0.29) is 12.0 Å². The van der Waals surface area contributed by atoms with E-state index in [1.165, 1.54) is 12.8 Å². The zero-order chi connectivity index (χ0) is 16.2. The van der Waals surface area contributed by atoms with Crippen molar-refractivity contribution in [3.63, 3.8) is 0 Å². The van der Waals surface area contributed by atoms with Crippen LogP contribution < -0.4 is 5.32 Å². The van der Waals surface area contributed by atoms with E-state index < -0.39 is 0 Å². The fourth-order valence-corrected chi connectivity index (χ4v) is 2.57. The van der Waals surface area contributed by atoms with Crippen molar-refractivity contribution in [3.8, 4) is 0 Å². The number of anilines is 1. The van der Waals surface area contributed by atoms with Gasteiger partial charge in [-0.15, -0.1) is 0 Å². The first-order valence-electron chi connectivity index (χ1n) is 8.11. The summed E-state index contributed by atoms with van der Waals surface area (Å²) in [5.41, 5.74) is 1.39. The number of carbonyl (C=O) groups is 2. The van der Waals surface area contributed by atoms with Gasteiger partial charge in [-0.1, -0.05) is 0 Å². The Morgan fingerprint density at radius 3 is 2.61 bits per heavy atom. The molecule has 1 aliphatic heterocycles. The second kappa shape index (κ2) is 6.85. The van der Waals surface area contributed by atoms with Gasteiger partial charge in [-0.25, -0.2) is 4.79 Å². The van der Waals surface area contributed by atoms with E-state index in [0.717, 1.165) is 5.69 Å². The number of piperazine rings is 1. The van der Waals surface area contributed by atoms with Crippen LogP contribution in [-0.2, 0) is 4.74 Å². The van der Waals surface area contributed by atoms with Gasteiger partial charge >= 0.3 is 6.09 Å². The highest BCUT2D eigenvalue weighted by Crippen LogP contribution is 2.24. The van der Waals surface area contributed by atoms with Crippen LogP contribution in [0.1, 0.15) is 30.3 Å². The molecule has 124 valence electrons. The molecule has 7 nitrogen and oxygen atoms in total. The molecule has 1 saturated heterocycles. The normalized spacial score (nSPS) is 17.8. The Balaban J connectivity index is 1.57. The van der Waals surface area contributed by atoms with Gasteiger partial charge in [-0.2, -0.15) is 0 Å². The predicted octanol–water partition coefficient (Wildman–Crippen LogP) is 1.57. The third-order valence-corrected chi connectivity index (χ3v) is 4.02. The van der Waals surface area contributed by atoms with Gasteiger partial charge in [-0.3, -0.25) is 9.78 Å². The van der Waals surface area contributed by atoms with Crippen molar-refractivity contribution in [2.24, 2.45) is 0 Å². The highest BCUT2D eigenvalue weighted by atomic mass is 16.6. The van der Waals surface area contributed by atoms with Gasteiger partial charge in [0.15, 0.2) is 0 Å². The van der Waals surface area contributed by atoms with E-state index in [1.807, 2.05) is 6.07 Å². The molecule has 1 aromatic heterocycles. The van der Waals surface area contributed by atoms with Crippen molar-refractivity contribution in [1.29, 1.82) is 0 Å². The monoisotopic (exact) mass is 318 g/mol. The summed E-state index contributed by atoms with van der Waals surface area (Å²) in [5, 5.41) is 3.37. The lowest BCUT2D eigenvalue weighted by Crippen LogP contribution is -2.50. The number of pyridine rings is 1. The number of aromatic nitrogens is 1. The van der Waals surface area contributed by atoms with Crippen LogP contribution in [0, 0.1) is 0 Å². The molecule has 2 fully saturated rings. The standard InChI is InChI=1S/C16H22N4O3/c1-2-23-16(22)20-9-7-19(8-10-20)15(21)14-11-13(5-6-17-14)18-12-3-4-12/h5-6,11-12H,2-4,7-10H2,1H3,(H,17,18). The molecule has 1 aliphatic carbocycles. The highest BCUT2D eigenvalue weighted by molar-refractivity contribution is 5.93. The van der Waals surface area contributed by atoms with Gasteiger partial charge in [0.2, 0.25) is 0 Å². The Hall–Kier alpha value is -2.31. The largest absolute Gasteiger partial charge is 0.450 e. The van der Waals surface area contributed by atoms with Gasteiger partial charge < -0.3 is 19.9 Å². The number of hydrogen-bond acceptors (Lipinski definition) is 5. The molecule has 2 aliphatic rings. The van der Waals surface area contributed by atoms with E-state index in [1.54, 1.807) is 29.0 Å². The third kappa shape index (κ3) is 3.91. The zero-order valence-corrected chi connectivity index (χ0v) is 13.3. The summed E-state index contributed by atoms with van der Waals surface area (Å²) in [6.45, 7) is 4.13. The Bertz CT molecular complexity index is 580. The van der Waals surface area contributed by atoms with E-state index in [9.17, 15) is 9.59 Å². The van der Waals surface area contributed by atoms with Crippen LogP contribution >= 0.6 is 0 Å². The van der Waals surface area contributed by atoms with Crippen molar-refractivity contribution in [2.45, 2.75) is 25.8 Å². The van der Waals surface area contributed by atoms with E-state index in [2.05, 4.69) is 10.3 Å². The molecule has 23 heavy (non-hydrogen) atoms. The molecule has 2 amide bonds. The molecule has 0 atom stereocenters. The topological polar surface area (TPSA) is 74.8 Å². The average Bonchev–Trinajstić information content (AvgIpc) is 3.39. The Morgan fingerprint density at radius 2 is 1.96 bits per heavy atom. The molecular formula is C16H22N4O3. The maximum absolute atomic E-state index is 12.6. The van der Waals surface area contributed by atoms with Crippen molar-refractivity contribution in [3.05, 3.63) is 24.0 Å². The summed E-state index contributed by atoms with van der Waals surface area (Å²) in [6.07, 6.45) is 3.71. The Kier molecular flexibility index (Phi) is 4.64. The number of carbonyl (C=O) groups excluding carboxylic acids is 2. The van der Waals surface area contributed by atoms with Gasteiger partial charge in [0.25, 0.3) is 5.91 Å². The van der Waals surface area contributed by atoms with Crippen molar-refractivity contribution in [1.82, 2.24) is 14.8 Å². The summed E-state index contributed by atoms with van der Waals surface area (Å²) in [5.74, 6) is -0.0899. The summed E-state index contributed by atoms with van der Waals surface area (Å²) in [6, 6.07) is 4.22. The van der Waals surface area contributed by atoms with Gasteiger partial charge in [-0.05, 0) is 31.9 Å². The smallest absolute Gasteiger partial charge is 0.409 e. The summed E-state index contributed by atoms with van der Waals surface area (Å²) < 4.78 is 4.98. The maximum Gasteiger partial charge on any atom is 0.409 e. The Morgan fingerprint density at radius 1 is 1.26 bits per heavy atom. The predicted molar refractivity (Wildman–Crippen MR) is 85.4 cm³/mol. The van der Waals surface area contributed by atoms with Gasteiger partial charge in [0, 0.05) is 44.1 Å².